The van der Waals surface area contributed by atoms with E-state index in [1.807, 2.05) is 6.07 Å². The summed E-state index contributed by atoms with van der Waals surface area (Å²) in [7, 11) is 0. The van der Waals surface area contributed by atoms with E-state index in [2.05, 4.69) is 70.7 Å². The molecule has 0 bridgehead atoms. The highest BCUT2D eigenvalue weighted by atomic mass is 16.2. The number of nitrogens with one attached hydrogen (secondary N) is 1. The standard InChI is InChI=1S/C30H37N5O2/c1-23-8-5-6-11-26(23)22-34(18-13-24-9-3-2-4-10-24)27-14-19-35(28(20-27)29(36)33-17-15-31)30(37)25-12-7-16-32-21-25/h2-12,16,21,27-28H,13-15,17-20,22,31H2,1H3,(H,33,36)/t27?,28-/m1/s1. The van der Waals surface area contributed by atoms with Crippen LogP contribution in [-0.4, -0.2) is 64.9 Å². The van der Waals surface area contributed by atoms with E-state index in [1.165, 1.54) is 16.7 Å². The Hall–Kier alpha value is -3.55. The maximum Gasteiger partial charge on any atom is 0.256 e. The largest absolute Gasteiger partial charge is 0.353 e. The maximum atomic E-state index is 13.4. The van der Waals surface area contributed by atoms with Gasteiger partial charge in [-0.2, -0.15) is 0 Å². The monoisotopic (exact) mass is 499 g/mol. The van der Waals surface area contributed by atoms with Crippen molar-refractivity contribution in [2.75, 3.05) is 26.2 Å². The molecule has 37 heavy (non-hydrogen) atoms. The minimum Gasteiger partial charge on any atom is -0.353 e. The van der Waals surface area contributed by atoms with Gasteiger partial charge in [-0.05, 0) is 55.0 Å². The molecule has 0 saturated carbocycles. The van der Waals surface area contributed by atoms with E-state index in [4.69, 9.17) is 5.73 Å². The molecule has 2 aromatic carbocycles. The molecule has 1 unspecified atom stereocenters. The molecular formula is C30H37N5O2. The van der Waals surface area contributed by atoms with E-state index in [1.54, 1.807) is 29.4 Å². The summed E-state index contributed by atoms with van der Waals surface area (Å²) in [6, 6.07) is 22.1. The van der Waals surface area contributed by atoms with Crippen LogP contribution >= 0.6 is 0 Å². The van der Waals surface area contributed by atoms with Gasteiger partial charge in [-0.1, -0.05) is 54.6 Å². The van der Waals surface area contributed by atoms with Crippen molar-refractivity contribution in [3.8, 4) is 0 Å². The van der Waals surface area contributed by atoms with E-state index in [0.717, 1.165) is 25.9 Å². The third kappa shape index (κ3) is 7.02. The van der Waals surface area contributed by atoms with Crippen molar-refractivity contribution in [3.05, 3.63) is 101 Å². The fraction of sp³-hybridized carbons (Fsp3) is 0.367. The number of nitrogens with zero attached hydrogens (tertiary/aromatic N) is 3. The third-order valence-electron chi connectivity index (χ3n) is 7.17. The molecule has 3 aromatic rings. The molecular weight excluding hydrogens is 462 g/mol. The summed E-state index contributed by atoms with van der Waals surface area (Å²) in [5.74, 6) is -0.305. The number of aromatic nitrogens is 1. The number of pyridine rings is 1. The molecule has 2 amide bonds. The molecule has 4 rings (SSSR count). The average Bonchev–Trinajstić information content (AvgIpc) is 2.95. The number of rotatable bonds is 10. The summed E-state index contributed by atoms with van der Waals surface area (Å²) < 4.78 is 0. The number of likely N-dealkylation sites (tertiary alicyclic amines) is 1. The number of carbonyl (C=O) groups excluding carboxylic acids is 2. The van der Waals surface area contributed by atoms with Crippen molar-refractivity contribution in [2.45, 2.75) is 44.8 Å². The van der Waals surface area contributed by atoms with Gasteiger partial charge in [-0.3, -0.25) is 19.5 Å². The Kier molecular flexibility index (Phi) is 9.40. The van der Waals surface area contributed by atoms with Crippen LogP contribution < -0.4 is 11.1 Å². The van der Waals surface area contributed by atoms with Gasteiger partial charge in [0.25, 0.3) is 5.91 Å². The Balaban J connectivity index is 1.57. The zero-order valence-electron chi connectivity index (χ0n) is 21.6. The molecule has 0 radical (unpaired) electrons. The minimum atomic E-state index is -0.561. The van der Waals surface area contributed by atoms with Gasteiger partial charge in [-0.25, -0.2) is 0 Å². The van der Waals surface area contributed by atoms with Gasteiger partial charge >= 0.3 is 0 Å². The molecule has 2 heterocycles. The van der Waals surface area contributed by atoms with Gasteiger partial charge < -0.3 is 16.0 Å². The molecule has 194 valence electrons. The van der Waals surface area contributed by atoms with Gasteiger partial charge in [0.1, 0.15) is 6.04 Å². The summed E-state index contributed by atoms with van der Waals surface area (Å²) >= 11 is 0. The van der Waals surface area contributed by atoms with E-state index < -0.39 is 6.04 Å². The summed E-state index contributed by atoms with van der Waals surface area (Å²) in [6.45, 7) is 5.07. The van der Waals surface area contributed by atoms with Crippen LogP contribution in [0.3, 0.4) is 0 Å². The summed E-state index contributed by atoms with van der Waals surface area (Å²) in [5, 5.41) is 2.92. The number of amides is 2. The van der Waals surface area contributed by atoms with Crippen molar-refractivity contribution >= 4 is 11.8 Å². The number of carbonyl (C=O) groups is 2. The summed E-state index contributed by atoms with van der Waals surface area (Å²) in [4.78, 5) is 34.9. The van der Waals surface area contributed by atoms with Crippen molar-refractivity contribution in [2.24, 2.45) is 5.73 Å². The van der Waals surface area contributed by atoms with Gasteiger partial charge in [0, 0.05) is 51.2 Å². The zero-order valence-corrected chi connectivity index (χ0v) is 21.6. The second-order valence-corrected chi connectivity index (χ2v) is 9.65. The van der Waals surface area contributed by atoms with Crippen molar-refractivity contribution in [1.82, 2.24) is 20.1 Å². The second kappa shape index (κ2) is 13.1. The molecule has 1 fully saturated rings. The SMILES string of the molecule is Cc1ccccc1CN(CCc1ccccc1)C1CCN(C(=O)c2cccnc2)[C@@H](C(=O)NCCN)C1. The lowest BCUT2D eigenvalue weighted by Crippen LogP contribution is -2.57. The maximum absolute atomic E-state index is 13.4. The van der Waals surface area contributed by atoms with Gasteiger partial charge in [0.15, 0.2) is 0 Å². The van der Waals surface area contributed by atoms with Crippen LogP contribution in [0.15, 0.2) is 79.1 Å². The van der Waals surface area contributed by atoms with Gasteiger partial charge in [0.2, 0.25) is 5.91 Å². The van der Waals surface area contributed by atoms with Crippen molar-refractivity contribution in [3.63, 3.8) is 0 Å². The summed E-state index contributed by atoms with van der Waals surface area (Å²) in [5.41, 5.74) is 9.98. The van der Waals surface area contributed by atoms with Crippen molar-refractivity contribution in [1.29, 1.82) is 0 Å². The lowest BCUT2D eigenvalue weighted by molar-refractivity contribution is -0.127. The number of hydrogen-bond acceptors (Lipinski definition) is 5. The van der Waals surface area contributed by atoms with Crippen LogP contribution in [0.1, 0.15) is 39.9 Å². The number of nitrogens with two attached hydrogens (primary N) is 1. The molecule has 1 saturated heterocycles. The Bertz CT molecular complexity index is 1150. The molecule has 1 aromatic heterocycles. The number of hydrogen-bond donors (Lipinski definition) is 2. The lowest BCUT2D eigenvalue weighted by Gasteiger charge is -2.43. The predicted octanol–water partition coefficient (Wildman–Crippen LogP) is 3.18. The molecule has 0 spiro atoms. The molecule has 0 aliphatic carbocycles. The highest BCUT2D eigenvalue weighted by Crippen LogP contribution is 2.26. The Morgan fingerprint density at radius 1 is 1.08 bits per heavy atom. The van der Waals surface area contributed by atoms with Crippen LogP contribution in [0.2, 0.25) is 0 Å². The molecule has 1 aliphatic heterocycles. The minimum absolute atomic E-state index is 0.147. The van der Waals surface area contributed by atoms with Gasteiger partial charge in [0.05, 0.1) is 5.56 Å². The van der Waals surface area contributed by atoms with Crippen LogP contribution in [0.5, 0.6) is 0 Å². The lowest BCUT2D eigenvalue weighted by atomic mass is 9.93. The topological polar surface area (TPSA) is 91.6 Å². The number of piperidine rings is 1. The fourth-order valence-corrected chi connectivity index (χ4v) is 5.05. The van der Waals surface area contributed by atoms with E-state index in [9.17, 15) is 9.59 Å². The molecule has 7 nitrogen and oxygen atoms in total. The van der Waals surface area contributed by atoms with Crippen molar-refractivity contribution < 1.29 is 9.59 Å². The fourth-order valence-electron chi connectivity index (χ4n) is 5.05. The highest BCUT2D eigenvalue weighted by Gasteiger charge is 2.38. The zero-order chi connectivity index (χ0) is 26.0. The third-order valence-corrected chi connectivity index (χ3v) is 7.17. The first-order valence-electron chi connectivity index (χ1n) is 13.1. The highest BCUT2D eigenvalue weighted by molar-refractivity contribution is 5.97. The van der Waals surface area contributed by atoms with Crippen LogP contribution in [0.25, 0.3) is 0 Å². The van der Waals surface area contributed by atoms with E-state index >= 15 is 0 Å². The number of benzene rings is 2. The first-order chi connectivity index (χ1) is 18.1. The predicted molar refractivity (Wildman–Crippen MR) is 146 cm³/mol. The first kappa shape index (κ1) is 26.5. The number of aryl methyl sites for hydroxylation is 1. The Morgan fingerprint density at radius 2 is 1.86 bits per heavy atom. The van der Waals surface area contributed by atoms with Gasteiger partial charge in [-0.15, -0.1) is 0 Å². The molecule has 7 heteroatoms. The first-order valence-corrected chi connectivity index (χ1v) is 13.1. The van der Waals surface area contributed by atoms with Crippen LogP contribution in [-0.2, 0) is 17.8 Å². The molecule has 2 atom stereocenters. The van der Waals surface area contributed by atoms with Crippen LogP contribution in [0.4, 0.5) is 0 Å². The van der Waals surface area contributed by atoms with E-state index in [-0.39, 0.29) is 17.9 Å². The quantitative estimate of drug-likeness (QED) is 0.447. The smallest absolute Gasteiger partial charge is 0.256 e. The molecule has 1 aliphatic rings. The Labute approximate surface area is 219 Å². The van der Waals surface area contributed by atoms with Crippen LogP contribution in [0, 0.1) is 6.92 Å². The average molecular weight is 500 g/mol. The Morgan fingerprint density at radius 3 is 2.59 bits per heavy atom. The normalized spacial score (nSPS) is 17.5. The van der Waals surface area contributed by atoms with E-state index in [0.29, 0.717) is 31.6 Å². The summed E-state index contributed by atoms with van der Waals surface area (Å²) in [6.07, 6.45) is 5.50. The molecule has 3 N–H and O–H groups in total. The second-order valence-electron chi connectivity index (χ2n) is 9.65.